The number of halogens is 4. The molecule has 0 atom stereocenters. The van der Waals surface area contributed by atoms with Gasteiger partial charge in [0.25, 0.3) is 11.7 Å². The summed E-state index contributed by atoms with van der Waals surface area (Å²) in [6, 6.07) is 1.26. The summed E-state index contributed by atoms with van der Waals surface area (Å²) in [5.41, 5.74) is 3.06. The lowest BCUT2D eigenvalue weighted by Gasteiger charge is -2.41. The third-order valence-corrected chi connectivity index (χ3v) is 6.47. The van der Waals surface area contributed by atoms with Crippen LogP contribution in [0.1, 0.15) is 57.8 Å². The Morgan fingerprint density at radius 2 is 1.79 bits per heavy atom. The summed E-state index contributed by atoms with van der Waals surface area (Å²) in [4.78, 5) is 43.0. The zero-order valence-electron chi connectivity index (χ0n) is 18.7. The van der Waals surface area contributed by atoms with Crippen molar-refractivity contribution >= 4 is 23.3 Å². The third kappa shape index (κ3) is 4.29. The number of hydrogen-bond acceptors (Lipinski definition) is 5. The minimum atomic E-state index is -4.84. The fraction of sp³-hybridized carbons (Fsp3) is 0.455. The number of carbonyl (C=O) groups excluding carboxylic acids is 3. The van der Waals surface area contributed by atoms with E-state index < -0.39 is 54.2 Å². The number of nitrogens with zero attached hydrogens (tertiary/aromatic N) is 3. The van der Waals surface area contributed by atoms with E-state index >= 15 is 0 Å². The molecule has 184 valence electrons. The number of alkyl halides is 3. The first-order valence-corrected chi connectivity index (χ1v) is 10.4. The number of primary amides is 1. The topological polar surface area (TPSA) is 119 Å². The van der Waals surface area contributed by atoms with Crippen molar-refractivity contribution in [3.05, 3.63) is 46.8 Å². The molecule has 2 amide bonds. The van der Waals surface area contributed by atoms with Gasteiger partial charge in [0.05, 0.1) is 23.1 Å². The maximum Gasteiger partial charge on any atom is 0.417 e. The van der Waals surface area contributed by atoms with E-state index in [0.29, 0.717) is 5.69 Å². The molecule has 1 saturated carbocycles. The first kappa shape index (κ1) is 25.3. The van der Waals surface area contributed by atoms with Crippen LogP contribution in [0.15, 0.2) is 18.3 Å². The van der Waals surface area contributed by atoms with E-state index in [1.165, 1.54) is 24.6 Å². The molecule has 0 aromatic carbocycles. The molecule has 0 radical (unpaired) electrons. The van der Waals surface area contributed by atoms with Crippen molar-refractivity contribution in [2.45, 2.75) is 57.3 Å². The van der Waals surface area contributed by atoms with Crippen molar-refractivity contribution in [1.29, 1.82) is 0 Å². The number of carbonyl (C=O) groups is 3. The van der Waals surface area contributed by atoms with Crippen LogP contribution in [0.5, 0.6) is 0 Å². The highest BCUT2D eigenvalue weighted by Crippen LogP contribution is 2.43. The lowest BCUT2D eigenvalue weighted by Crippen LogP contribution is -2.53. The highest BCUT2D eigenvalue weighted by Gasteiger charge is 2.55. The average molecular weight is 484 g/mol. The Labute approximate surface area is 192 Å². The Morgan fingerprint density at radius 1 is 1.21 bits per heavy atom. The van der Waals surface area contributed by atoms with Crippen molar-refractivity contribution in [3.63, 3.8) is 0 Å². The zero-order chi connectivity index (χ0) is 25.6. The fourth-order valence-electron chi connectivity index (χ4n) is 4.50. The molecule has 12 heteroatoms. The van der Waals surface area contributed by atoms with Crippen molar-refractivity contribution in [2.75, 3.05) is 4.90 Å². The number of ketones is 1. The van der Waals surface area contributed by atoms with Gasteiger partial charge < -0.3 is 20.3 Å². The van der Waals surface area contributed by atoms with Gasteiger partial charge in [-0.05, 0) is 57.2 Å². The van der Waals surface area contributed by atoms with Crippen molar-refractivity contribution < 1.29 is 37.1 Å². The molecular formula is C22H24F4N4O4. The second-order valence-corrected chi connectivity index (χ2v) is 8.46. The molecule has 2 heterocycles. The van der Waals surface area contributed by atoms with Gasteiger partial charge in [-0.1, -0.05) is 0 Å². The molecule has 8 nitrogen and oxygen atoms in total. The standard InChI is InChI=1S/C22H24F4N4O4/c1-11-16(19(27)32)12(2)29(3)17(11)18(31)20(33)30(14-4-5-15(23)28-10-14)13-6-8-21(34,9-7-13)22(24,25)26/h4-5,10,13,34H,6-9H2,1-3H3,(H2,27,32). The lowest BCUT2D eigenvalue weighted by molar-refractivity contribution is -0.270. The number of hydrogen-bond donors (Lipinski definition) is 2. The monoisotopic (exact) mass is 484 g/mol. The van der Waals surface area contributed by atoms with E-state index in [4.69, 9.17) is 5.73 Å². The molecule has 0 unspecified atom stereocenters. The second kappa shape index (κ2) is 8.82. The van der Waals surface area contributed by atoms with Gasteiger partial charge >= 0.3 is 12.1 Å². The number of aromatic nitrogens is 2. The van der Waals surface area contributed by atoms with E-state index in [-0.39, 0.29) is 35.3 Å². The number of amides is 2. The van der Waals surface area contributed by atoms with Gasteiger partial charge in [-0.15, -0.1) is 0 Å². The fourth-order valence-corrected chi connectivity index (χ4v) is 4.50. The van der Waals surface area contributed by atoms with Crippen LogP contribution in [0.2, 0.25) is 0 Å². The van der Waals surface area contributed by atoms with Gasteiger partial charge in [0.1, 0.15) is 0 Å². The Kier molecular flexibility index (Phi) is 6.57. The molecule has 3 N–H and O–H groups in total. The summed E-state index contributed by atoms with van der Waals surface area (Å²) in [6.45, 7) is 3.01. The predicted molar refractivity (Wildman–Crippen MR) is 113 cm³/mol. The van der Waals surface area contributed by atoms with Gasteiger partial charge in [0.15, 0.2) is 5.60 Å². The molecule has 0 aliphatic heterocycles. The van der Waals surface area contributed by atoms with Crippen LogP contribution in [0.25, 0.3) is 0 Å². The first-order chi connectivity index (χ1) is 15.7. The summed E-state index contributed by atoms with van der Waals surface area (Å²) in [7, 11) is 1.48. The van der Waals surface area contributed by atoms with Crippen LogP contribution in [0, 0.1) is 19.8 Å². The summed E-state index contributed by atoms with van der Waals surface area (Å²) < 4.78 is 54.5. The quantitative estimate of drug-likeness (QED) is 0.293. The first-order valence-electron chi connectivity index (χ1n) is 10.4. The second-order valence-electron chi connectivity index (χ2n) is 8.46. The summed E-state index contributed by atoms with van der Waals surface area (Å²) in [6.07, 6.45) is -5.72. The van der Waals surface area contributed by atoms with Crippen molar-refractivity contribution in [2.24, 2.45) is 12.8 Å². The largest absolute Gasteiger partial charge is 0.417 e. The van der Waals surface area contributed by atoms with Gasteiger partial charge in [0.2, 0.25) is 5.95 Å². The third-order valence-electron chi connectivity index (χ3n) is 6.47. The van der Waals surface area contributed by atoms with E-state index in [9.17, 15) is 37.1 Å². The predicted octanol–water partition coefficient (Wildman–Crippen LogP) is 2.73. The molecule has 0 saturated heterocycles. The van der Waals surface area contributed by atoms with E-state index in [1.54, 1.807) is 6.92 Å². The maximum absolute atomic E-state index is 13.4. The molecule has 2 aromatic heterocycles. The number of nitrogens with two attached hydrogens (primary N) is 1. The van der Waals surface area contributed by atoms with E-state index in [1.807, 2.05) is 0 Å². The maximum atomic E-state index is 13.4. The number of rotatable bonds is 5. The number of anilines is 1. The SMILES string of the molecule is Cc1c(C(N)=O)c(C)n(C)c1C(=O)C(=O)N(c1ccc(F)nc1)C1CCC(O)(C(F)(F)F)CC1. The van der Waals surface area contributed by atoms with Crippen LogP contribution in [0.4, 0.5) is 23.2 Å². The molecule has 1 aliphatic rings. The van der Waals surface area contributed by atoms with Crippen molar-refractivity contribution in [1.82, 2.24) is 9.55 Å². The summed E-state index contributed by atoms with van der Waals surface area (Å²) in [5, 5.41) is 9.99. The van der Waals surface area contributed by atoms with Gasteiger partial charge in [-0.3, -0.25) is 14.4 Å². The molecule has 1 aliphatic carbocycles. The Bertz CT molecular complexity index is 1130. The van der Waals surface area contributed by atoms with Crippen LogP contribution in [0.3, 0.4) is 0 Å². The molecule has 0 bridgehead atoms. The molecule has 34 heavy (non-hydrogen) atoms. The Morgan fingerprint density at radius 3 is 2.24 bits per heavy atom. The van der Waals surface area contributed by atoms with Gasteiger partial charge in [0, 0.05) is 18.8 Å². The molecule has 0 spiro atoms. The average Bonchev–Trinajstić information content (AvgIpc) is 2.98. The minimum Gasteiger partial charge on any atom is -0.380 e. The highest BCUT2D eigenvalue weighted by atomic mass is 19.4. The zero-order valence-corrected chi connectivity index (χ0v) is 18.7. The van der Waals surface area contributed by atoms with Gasteiger partial charge in [-0.2, -0.15) is 17.6 Å². The molecular weight excluding hydrogens is 460 g/mol. The van der Waals surface area contributed by atoms with Crippen LogP contribution in [-0.4, -0.2) is 50.1 Å². The number of aliphatic hydroxyl groups is 1. The highest BCUT2D eigenvalue weighted by molar-refractivity contribution is 6.47. The molecule has 3 rings (SSSR count). The summed E-state index contributed by atoms with van der Waals surface area (Å²) in [5.74, 6) is -3.74. The van der Waals surface area contributed by atoms with Crippen LogP contribution < -0.4 is 10.6 Å². The Hall–Kier alpha value is -3.28. The molecule has 2 aromatic rings. The minimum absolute atomic E-state index is 0.0147. The van der Waals surface area contributed by atoms with Crippen molar-refractivity contribution in [3.8, 4) is 0 Å². The lowest BCUT2D eigenvalue weighted by atomic mass is 9.81. The normalized spacial score (nSPS) is 20.8. The van der Waals surface area contributed by atoms with E-state index in [2.05, 4.69) is 4.98 Å². The van der Waals surface area contributed by atoms with Crippen LogP contribution >= 0.6 is 0 Å². The molecule has 1 fully saturated rings. The van der Waals surface area contributed by atoms with Gasteiger partial charge in [-0.25, -0.2) is 4.98 Å². The smallest absolute Gasteiger partial charge is 0.380 e. The van der Waals surface area contributed by atoms with Crippen LogP contribution in [-0.2, 0) is 11.8 Å². The van der Waals surface area contributed by atoms with E-state index in [0.717, 1.165) is 17.2 Å². The number of Topliss-reactive ketones (excluding diaryl/α,β-unsaturated/α-hetero) is 1. The summed E-state index contributed by atoms with van der Waals surface area (Å²) >= 11 is 0. The Balaban J connectivity index is 2.01. The number of pyridine rings is 1.